The summed E-state index contributed by atoms with van der Waals surface area (Å²) in [5.74, 6) is 1.36. The SMILES string of the molecule is CC12CCN(CC3CC3)CC(C1)[C@H](O)c1ccccc12. The average molecular weight is 271 g/mol. The number of aliphatic hydroxyl groups is 1. The van der Waals surface area contributed by atoms with Gasteiger partial charge in [0.2, 0.25) is 0 Å². The van der Waals surface area contributed by atoms with Gasteiger partial charge in [-0.1, -0.05) is 31.2 Å². The average Bonchev–Trinajstić information content (AvgIpc) is 3.27. The molecular formula is C18H25NO. The van der Waals surface area contributed by atoms with Gasteiger partial charge in [-0.25, -0.2) is 0 Å². The third kappa shape index (κ3) is 2.10. The van der Waals surface area contributed by atoms with Crippen molar-refractivity contribution in [3.63, 3.8) is 0 Å². The Bertz CT molecular complexity index is 510. The number of likely N-dealkylation sites (tertiary alicyclic amines) is 1. The van der Waals surface area contributed by atoms with Gasteiger partial charge >= 0.3 is 0 Å². The number of aliphatic hydroxyl groups excluding tert-OH is 1. The molecule has 2 unspecified atom stereocenters. The second-order valence-corrected chi connectivity index (χ2v) is 7.51. The van der Waals surface area contributed by atoms with E-state index in [1.54, 1.807) is 0 Å². The minimum atomic E-state index is -0.265. The molecule has 2 bridgehead atoms. The first-order valence-electron chi connectivity index (χ1n) is 8.15. The lowest BCUT2D eigenvalue weighted by Crippen LogP contribution is -2.36. The molecule has 1 aromatic carbocycles. The van der Waals surface area contributed by atoms with Gasteiger partial charge in [0.1, 0.15) is 0 Å². The fraction of sp³-hybridized carbons (Fsp3) is 0.667. The van der Waals surface area contributed by atoms with E-state index < -0.39 is 0 Å². The Morgan fingerprint density at radius 1 is 1.30 bits per heavy atom. The number of fused-ring (bicyclic) bond motifs is 4. The number of benzene rings is 1. The van der Waals surface area contributed by atoms with Gasteiger partial charge in [-0.05, 0) is 54.7 Å². The van der Waals surface area contributed by atoms with Crippen molar-refractivity contribution in [1.82, 2.24) is 4.90 Å². The molecule has 0 amide bonds. The highest BCUT2D eigenvalue weighted by Crippen LogP contribution is 2.49. The maximum Gasteiger partial charge on any atom is 0.0833 e. The van der Waals surface area contributed by atoms with Gasteiger partial charge < -0.3 is 10.0 Å². The van der Waals surface area contributed by atoms with Crippen LogP contribution in [0.1, 0.15) is 49.8 Å². The molecule has 1 saturated heterocycles. The van der Waals surface area contributed by atoms with E-state index in [1.165, 1.54) is 43.5 Å². The van der Waals surface area contributed by atoms with Crippen LogP contribution in [0.15, 0.2) is 24.3 Å². The summed E-state index contributed by atoms with van der Waals surface area (Å²) in [6.07, 6.45) is 4.95. The molecule has 2 aliphatic carbocycles. The van der Waals surface area contributed by atoms with Gasteiger partial charge in [0.15, 0.2) is 0 Å². The van der Waals surface area contributed by atoms with Crippen molar-refractivity contribution < 1.29 is 5.11 Å². The van der Waals surface area contributed by atoms with Crippen molar-refractivity contribution in [1.29, 1.82) is 0 Å². The third-order valence-electron chi connectivity index (χ3n) is 5.77. The first-order chi connectivity index (χ1) is 9.66. The van der Waals surface area contributed by atoms with Crippen LogP contribution in [0.2, 0.25) is 0 Å². The summed E-state index contributed by atoms with van der Waals surface area (Å²) in [6, 6.07) is 8.58. The highest BCUT2D eigenvalue weighted by Gasteiger charge is 2.44. The van der Waals surface area contributed by atoms with Crippen LogP contribution in [0.25, 0.3) is 0 Å². The van der Waals surface area contributed by atoms with Crippen molar-refractivity contribution in [2.45, 2.75) is 44.1 Å². The van der Waals surface area contributed by atoms with Gasteiger partial charge in [0.25, 0.3) is 0 Å². The van der Waals surface area contributed by atoms with E-state index in [1.807, 2.05) is 0 Å². The number of nitrogens with zero attached hydrogens (tertiary/aromatic N) is 1. The summed E-state index contributed by atoms with van der Waals surface area (Å²) in [7, 11) is 0. The van der Waals surface area contributed by atoms with Crippen LogP contribution >= 0.6 is 0 Å². The summed E-state index contributed by atoms with van der Waals surface area (Å²) in [4.78, 5) is 2.63. The lowest BCUT2D eigenvalue weighted by molar-refractivity contribution is 0.0630. The standard InChI is InChI=1S/C18H25NO/c1-18-8-9-19(11-13-6-7-13)12-14(10-18)17(20)15-4-2-3-5-16(15)18/h2-5,13-14,17,20H,6-12H2,1H3/t14?,17-,18?/m0/s1. The molecule has 1 saturated carbocycles. The lowest BCUT2D eigenvalue weighted by atomic mass is 9.65. The molecule has 2 nitrogen and oxygen atoms in total. The van der Waals surface area contributed by atoms with E-state index in [-0.39, 0.29) is 11.5 Å². The predicted molar refractivity (Wildman–Crippen MR) is 80.6 cm³/mol. The monoisotopic (exact) mass is 271 g/mol. The Morgan fingerprint density at radius 2 is 2.10 bits per heavy atom. The van der Waals surface area contributed by atoms with Gasteiger partial charge in [-0.15, -0.1) is 0 Å². The molecule has 108 valence electrons. The summed E-state index contributed by atoms with van der Waals surface area (Å²) >= 11 is 0. The fourth-order valence-electron chi connectivity index (χ4n) is 4.42. The highest BCUT2D eigenvalue weighted by atomic mass is 16.3. The Hall–Kier alpha value is -0.860. The van der Waals surface area contributed by atoms with Gasteiger partial charge in [-0.3, -0.25) is 0 Å². The molecule has 3 aliphatic rings. The van der Waals surface area contributed by atoms with E-state index in [4.69, 9.17) is 0 Å². The maximum atomic E-state index is 10.8. The Balaban J connectivity index is 1.66. The Morgan fingerprint density at radius 3 is 2.90 bits per heavy atom. The van der Waals surface area contributed by atoms with E-state index in [9.17, 15) is 5.11 Å². The van der Waals surface area contributed by atoms with Crippen molar-refractivity contribution in [3.05, 3.63) is 35.4 Å². The minimum Gasteiger partial charge on any atom is -0.388 e. The molecule has 2 heteroatoms. The van der Waals surface area contributed by atoms with Gasteiger partial charge in [-0.2, -0.15) is 0 Å². The first-order valence-corrected chi connectivity index (χ1v) is 8.15. The first kappa shape index (κ1) is 12.8. The zero-order chi connectivity index (χ0) is 13.7. The van der Waals surface area contributed by atoms with E-state index in [2.05, 4.69) is 36.1 Å². The van der Waals surface area contributed by atoms with E-state index in [0.29, 0.717) is 5.92 Å². The van der Waals surface area contributed by atoms with Crippen LogP contribution in [0.4, 0.5) is 0 Å². The molecule has 1 aliphatic heterocycles. The van der Waals surface area contributed by atoms with Crippen LogP contribution in [0.3, 0.4) is 0 Å². The van der Waals surface area contributed by atoms with Crippen LogP contribution < -0.4 is 0 Å². The molecular weight excluding hydrogens is 246 g/mol. The van der Waals surface area contributed by atoms with Crippen LogP contribution in [-0.2, 0) is 5.41 Å². The largest absolute Gasteiger partial charge is 0.388 e. The number of hydrogen-bond donors (Lipinski definition) is 1. The molecule has 1 heterocycles. The quantitative estimate of drug-likeness (QED) is 0.893. The van der Waals surface area contributed by atoms with E-state index in [0.717, 1.165) is 18.9 Å². The van der Waals surface area contributed by atoms with Crippen LogP contribution in [-0.4, -0.2) is 29.6 Å². The molecule has 0 aromatic heterocycles. The second kappa shape index (κ2) is 4.57. The molecule has 0 radical (unpaired) electrons. The van der Waals surface area contributed by atoms with Crippen molar-refractivity contribution in [2.75, 3.05) is 19.6 Å². The molecule has 1 aromatic rings. The minimum absolute atomic E-state index is 0.263. The van der Waals surface area contributed by atoms with Gasteiger partial charge in [0, 0.05) is 19.0 Å². The molecule has 2 fully saturated rings. The Labute approximate surface area is 121 Å². The number of rotatable bonds is 2. The second-order valence-electron chi connectivity index (χ2n) is 7.51. The number of hydrogen-bond acceptors (Lipinski definition) is 2. The molecule has 20 heavy (non-hydrogen) atoms. The lowest BCUT2D eigenvalue weighted by Gasteiger charge is -2.40. The smallest absolute Gasteiger partial charge is 0.0833 e. The van der Waals surface area contributed by atoms with Crippen molar-refractivity contribution in [3.8, 4) is 0 Å². The zero-order valence-corrected chi connectivity index (χ0v) is 12.4. The van der Waals surface area contributed by atoms with Gasteiger partial charge in [0.05, 0.1) is 6.10 Å². The third-order valence-corrected chi connectivity index (χ3v) is 5.77. The molecule has 1 N–H and O–H groups in total. The summed E-state index contributed by atoms with van der Waals surface area (Å²) in [5, 5.41) is 10.8. The van der Waals surface area contributed by atoms with Crippen molar-refractivity contribution >= 4 is 0 Å². The zero-order valence-electron chi connectivity index (χ0n) is 12.4. The molecule has 4 rings (SSSR count). The molecule has 0 spiro atoms. The maximum absolute atomic E-state index is 10.8. The van der Waals surface area contributed by atoms with Crippen molar-refractivity contribution in [2.24, 2.45) is 11.8 Å². The summed E-state index contributed by atoms with van der Waals surface area (Å²) < 4.78 is 0. The highest BCUT2D eigenvalue weighted by molar-refractivity contribution is 5.39. The topological polar surface area (TPSA) is 23.5 Å². The predicted octanol–water partition coefficient (Wildman–Crippen LogP) is 3.11. The normalized spacial score (nSPS) is 37.3. The van der Waals surface area contributed by atoms with E-state index >= 15 is 0 Å². The van der Waals surface area contributed by atoms with Crippen LogP contribution in [0.5, 0.6) is 0 Å². The molecule has 3 atom stereocenters. The fourth-order valence-corrected chi connectivity index (χ4v) is 4.42. The summed E-state index contributed by atoms with van der Waals surface area (Å²) in [5.41, 5.74) is 2.86. The summed E-state index contributed by atoms with van der Waals surface area (Å²) in [6.45, 7) is 5.95. The van der Waals surface area contributed by atoms with Crippen LogP contribution in [0, 0.1) is 11.8 Å². The Kier molecular flexibility index (Phi) is 2.94.